The van der Waals surface area contributed by atoms with Crippen LogP contribution in [0.4, 0.5) is 0 Å². The number of rotatable bonds is 10. The van der Waals surface area contributed by atoms with Gasteiger partial charge in [0.15, 0.2) is 0 Å². The Morgan fingerprint density at radius 2 is 1.40 bits per heavy atom. The van der Waals surface area contributed by atoms with Gasteiger partial charge in [-0.1, -0.05) is 72.8 Å². The van der Waals surface area contributed by atoms with Crippen molar-refractivity contribution in [1.29, 1.82) is 0 Å². The molecule has 0 aliphatic carbocycles. The minimum atomic E-state index is -0.666. The summed E-state index contributed by atoms with van der Waals surface area (Å²) < 4.78 is 11.1. The number of aliphatic hydroxyl groups is 1. The van der Waals surface area contributed by atoms with E-state index in [0.717, 1.165) is 28.7 Å². The van der Waals surface area contributed by atoms with Crippen molar-refractivity contribution >= 4 is 22.7 Å². The lowest BCUT2D eigenvalue weighted by Crippen LogP contribution is -2.24. The minimum absolute atomic E-state index is 0.196. The highest BCUT2D eigenvalue weighted by Crippen LogP contribution is 2.35. The fraction of sp³-hybridized carbons (Fsp3) is 0.231. The number of hydrogen-bond donors (Lipinski definition) is 1. The molecule has 3 aromatic rings. The van der Waals surface area contributed by atoms with Crippen LogP contribution in [0.2, 0.25) is 0 Å². The van der Waals surface area contributed by atoms with Gasteiger partial charge in [-0.15, -0.1) is 11.6 Å². The van der Waals surface area contributed by atoms with E-state index in [-0.39, 0.29) is 6.61 Å². The van der Waals surface area contributed by atoms with Crippen LogP contribution < -0.4 is 4.74 Å². The standard InChI is InChI=1S/C26H27ClO3/c1-2-29-25(19-28)30-23-15-13-22(14-16-23)26(21-11-7-4-8-12-21)24(17-18-27)20-9-5-3-6-10-20/h3-16,25,28H,2,17-19H2,1H3. The maximum absolute atomic E-state index is 9.40. The van der Waals surface area contributed by atoms with Crippen LogP contribution in [-0.4, -0.2) is 30.5 Å². The zero-order valence-corrected chi connectivity index (χ0v) is 17.9. The predicted molar refractivity (Wildman–Crippen MR) is 124 cm³/mol. The number of halogens is 1. The van der Waals surface area contributed by atoms with Gasteiger partial charge in [-0.3, -0.25) is 0 Å². The quantitative estimate of drug-likeness (QED) is 0.247. The Bertz CT molecular complexity index is 922. The lowest BCUT2D eigenvalue weighted by atomic mass is 9.88. The maximum atomic E-state index is 9.40. The van der Waals surface area contributed by atoms with Gasteiger partial charge in [-0.05, 0) is 53.3 Å². The molecule has 0 aliphatic heterocycles. The van der Waals surface area contributed by atoms with Crippen LogP contribution in [0.25, 0.3) is 11.1 Å². The van der Waals surface area contributed by atoms with Gasteiger partial charge in [0.25, 0.3) is 0 Å². The normalized spacial score (nSPS) is 12.9. The topological polar surface area (TPSA) is 38.7 Å². The second-order valence-corrected chi connectivity index (χ2v) is 7.11. The van der Waals surface area contributed by atoms with Gasteiger partial charge in [-0.25, -0.2) is 0 Å². The summed E-state index contributed by atoms with van der Waals surface area (Å²) in [5.74, 6) is 1.19. The molecule has 4 heteroatoms. The first-order valence-corrected chi connectivity index (χ1v) is 10.7. The van der Waals surface area contributed by atoms with Crippen LogP contribution in [0, 0.1) is 0 Å². The Balaban J connectivity index is 2.05. The van der Waals surface area contributed by atoms with Crippen LogP contribution in [0.15, 0.2) is 84.9 Å². The van der Waals surface area contributed by atoms with E-state index in [1.807, 2.05) is 67.6 Å². The number of allylic oxidation sites excluding steroid dienone is 1. The molecular formula is C26H27ClO3. The number of benzene rings is 3. The Hall–Kier alpha value is -2.59. The Morgan fingerprint density at radius 1 is 0.833 bits per heavy atom. The molecule has 3 rings (SSSR count). The summed E-state index contributed by atoms with van der Waals surface area (Å²) in [7, 11) is 0. The highest BCUT2D eigenvalue weighted by atomic mass is 35.5. The lowest BCUT2D eigenvalue weighted by Gasteiger charge is -2.19. The van der Waals surface area contributed by atoms with Gasteiger partial charge in [-0.2, -0.15) is 0 Å². The second-order valence-electron chi connectivity index (χ2n) is 6.73. The van der Waals surface area contributed by atoms with E-state index in [0.29, 0.717) is 18.2 Å². The molecule has 0 aliphatic rings. The third kappa shape index (κ3) is 5.73. The van der Waals surface area contributed by atoms with Gasteiger partial charge in [0.1, 0.15) is 12.4 Å². The van der Waals surface area contributed by atoms with Crippen molar-refractivity contribution in [2.24, 2.45) is 0 Å². The highest BCUT2D eigenvalue weighted by Gasteiger charge is 2.15. The van der Waals surface area contributed by atoms with Crippen molar-refractivity contribution in [3.8, 4) is 5.75 Å². The first-order chi connectivity index (χ1) is 14.8. The summed E-state index contributed by atoms with van der Waals surface area (Å²) in [6.07, 6.45) is 0.0893. The first kappa shape index (κ1) is 22.1. The molecule has 0 bridgehead atoms. The van der Waals surface area contributed by atoms with Gasteiger partial charge >= 0.3 is 0 Å². The summed E-state index contributed by atoms with van der Waals surface area (Å²) in [6, 6.07) is 28.6. The molecule has 0 saturated carbocycles. The van der Waals surface area contributed by atoms with Gasteiger partial charge in [0.2, 0.25) is 6.29 Å². The molecule has 0 saturated heterocycles. The molecule has 1 unspecified atom stereocenters. The zero-order valence-electron chi connectivity index (χ0n) is 17.1. The molecule has 0 spiro atoms. The molecule has 0 heterocycles. The number of aliphatic hydroxyl groups excluding tert-OH is 1. The van der Waals surface area contributed by atoms with Crippen LogP contribution in [0.3, 0.4) is 0 Å². The summed E-state index contributed by atoms with van der Waals surface area (Å²) in [5, 5.41) is 9.40. The molecule has 0 aromatic heterocycles. The van der Waals surface area contributed by atoms with E-state index < -0.39 is 6.29 Å². The van der Waals surface area contributed by atoms with Crippen molar-refractivity contribution in [2.75, 3.05) is 19.1 Å². The molecule has 0 fully saturated rings. The molecule has 1 atom stereocenters. The third-order valence-electron chi connectivity index (χ3n) is 4.74. The van der Waals surface area contributed by atoms with Crippen molar-refractivity contribution in [3.63, 3.8) is 0 Å². The van der Waals surface area contributed by atoms with Gasteiger partial charge < -0.3 is 14.6 Å². The maximum Gasteiger partial charge on any atom is 0.223 e. The third-order valence-corrected chi connectivity index (χ3v) is 4.93. The Kier molecular flexibility index (Phi) is 8.52. The largest absolute Gasteiger partial charge is 0.462 e. The van der Waals surface area contributed by atoms with Crippen LogP contribution in [-0.2, 0) is 4.74 Å². The Morgan fingerprint density at radius 3 is 1.93 bits per heavy atom. The molecule has 156 valence electrons. The van der Waals surface area contributed by atoms with E-state index in [2.05, 4.69) is 24.3 Å². The van der Waals surface area contributed by atoms with Crippen LogP contribution in [0.1, 0.15) is 30.0 Å². The van der Waals surface area contributed by atoms with Gasteiger partial charge in [0.05, 0.1) is 0 Å². The first-order valence-electron chi connectivity index (χ1n) is 10.2. The number of hydrogen-bond acceptors (Lipinski definition) is 3. The molecule has 0 amide bonds. The summed E-state index contributed by atoms with van der Waals surface area (Å²) in [6.45, 7) is 2.15. The average molecular weight is 423 g/mol. The van der Waals surface area contributed by atoms with E-state index in [1.54, 1.807) is 0 Å². The second kappa shape index (κ2) is 11.6. The Labute approximate surface area is 183 Å². The predicted octanol–water partition coefficient (Wildman–Crippen LogP) is 6.01. The highest BCUT2D eigenvalue weighted by molar-refractivity contribution is 6.18. The van der Waals surface area contributed by atoms with E-state index >= 15 is 0 Å². The van der Waals surface area contributed by atoms with E-state index in [9.17, 15) is 5.11 Å². The number of alkyl halides is 1. The van der Waals surface area contributed by atoms with Gasteiger partial charge in [0, 0.05) is 12.5 Å². The molecule has 0 radical (unpaired) electrons. The molecule has 30 heavy (non-hydrogen) atoms. The fourth-order valence-corrected chi connectivity index (χ4v) is 3.62. The molecule has 3 nitrogen and oxygen atoms in total. The summed E-state index contributed by atoms with van der Waals surface area (Å²) in [5.41, 5.74) is 5.73. The zero-order chi connectivity index (χ0) is 21.2. The van der Waals surface area contributed by atoms with Crippen molar-refractivity contribution < 1.29 is 14.6 Å². The lowest BCUT2D eigenvalue weighted by molar-refractivity contribution is -0.103. The van der Waals surface area contributed by atoms with Crippen molar-refractivity contribution in [1.82, 2.24) is 0 Å². The van der Waals surface area contributed by atoms with E-state index in [1.165, 1.54) is 5.57 Å². The summed E-state index contributed by atoms with van der Waals surface area (Å²) in [4.78, 5) is 0. The molecule has 3 aromatic carbocycles. The smallest absolute Gasteiger partial charge is 0.223 e. The van der Waals surface area contributed by atoms with Crippen molar-refractivity contribution in [2.45, 2.75) is 19.6 Å². The van der Waals surface area contributed by atoms with Crippen LogP contribution >= 0.6 is 11.6 Å². The fourth-order valence-electron chi connectivity index (χ4n) is 3.43. The molecule has 1 N–H and O–H groups in total. The monoisotopic (exact) mass is 422 g/mol. The minimum Gasteiger partial charge on any atom is -0.462 e. The van der Waals surface area contributed by atoms with Crippen molar-refractivity contribution in [3.05, 3.63) is 102 Å². The SMILES string of the molecule is CCOC(CO)Oc1ccc(C(=C(CCCl)c2ccccc2)c2ccccc2)cc1. The summed E-state index contributed by atoms with van der Waals surface area (Å²) >= 11 is 6.20. The van der Waals surface area contributed by atoms with E-state index in [4.69, 9.17) is 21.1 Å². The average Bonchev–Trinajstić information content (AvgIpc) is 2.81. The van der Waals surface area contributed by atoms with Crippen LogP contribution in [0.5, 0.6) is 5.75 Å². The molecular weight excluding hydrogens is 396 g/mol. The number of ether oxygens (including phenoxy) is 2.